The number of hydrogen-bond donors (Lipinski definition) is 1. The van der Waals surface area contributed by atoms with Gasteiger partial charge in [0.25, 0.3) is 0 Å². The van der Waals surface area contributed by atoms with Gasteiger partial charge < -0.3 is 14.5 Å². The van der Waals surface area contributed by atoms with Crippen LogP contribution in [0.15, 0.2) is 12.2 Å². The summed E-state index contributed by atoms with van der Waals surface area (Å²) in [6.07, 6.45) is 3.48. The first-order chi connectivity index (χ1) is 14.6. The number of aryl methyl sites for hydroxylation is 1. The van der Waals surface area contributed by atoms with E-state index in [-0.39, 0.29) is 23.1 Å². The Kier molecular flexibility index (Phi) is 6.15. The molecule has 1 fully saturated rings. The summed E-state index contributed by atoms with van der Waals surface area (Å²) in [6, 6.07) is -1.14. The highest BCUT2D eigenvalue weighted by Crippen LogP contribution is 2.36. The summed E-state index contributed by atoms with van der Waals surface area (Å²) >= 11 is 0. The van der Waals surface area contributed by atoms with Gasteiger partial charge in [-0.15, -0.1) is 0 Å². The number of methoxy groups -OCH3 is 1. The van der Waals surface area contributed by atoms with E-state index in [1.165, 1.54) is 21.0 Å². The van der Waals surface area contributed by atoms with Crippen LogP contribution in [-0.4, -0.2) is 58.7 Å². The van der Waals surface area contributed by atoms with Gasteiger partial charge in [0, 0.05) is 5.69 Å². The van der Waals surface area contributed by atoms with Crippen molar-refractivity contribution < 1.29 is 33.4 Å². The quantitative estimate of drug-likeness (QED) is 0.316. The van der Waals surface area contributed by atoms with Crippen LogP contribution in [0, 0.1) is 25.7 Å². The molecule has 1 aromatic heterocycles. The fourth-order valence-corrected chi connectivity index (χ4v) is 4.25. The Morgan fingerprint density at radius 1 is 1.06 bits per heavy atom. The number of nitrogens with one attached hydrogen (secondary N) is 1. The van der Waals surface area contributed by atoms with Crippen LogP contribution in [-0.2, 0) is 23.9 Å². The number of fused-ring (bicyclic) bond motifs is 1. The van der Waals surface area contributed by atoms with Gasteiger partial charge >= 0.3 is 11.9 Å². The van der Waals surface area contributed by atoms with Gasteiger partial charge in [0.1, 0.15) is 6.04 Å². The largest absolute Gasteiger partial charge is 0.465 e. The van der Waals surface area contributed by atoms with E-state index < -0.39 is 41.7 Å². The van der Waals surface area contributed by atoms with Crippen molar-refractivity contribution in [1.82, 2.24) is 9.88 Å². The standard InChI is InChI=1S/C22H26N2O7/c1-10-16(22(29)30-5)11(2)23-17(10)18(25)13(4)31-21(28)12(3)24-19(26)14-8-6-7-9-15(14)20(24)27/h6-7,12-15,23H,8-9H2,1-5H3/t12-,13-,14+,15+/m0/s1. The number of allylic oxidation sites excluding steroid dienone is 2. The van der Waals surface area contributed by atoms with E-state index in [1.807, 2.05) is 12.2 Å². The van der Waals surface area contributed by atoms with Crippen molar-refractivity contribution in [2.24, 2.45) is 11.8 Å². The third kappa shape index (κ3) is 3.80. The molecule has 166 valence electrons. The first kappa shape index (κ1) is 22.5. The van der Waals surface area contributed by atoms with Gasteiger partial charge in [0.2, 0.25) is 17.6 Å². The van der Waals surface area contributed by atoms with Crippen LogP contribution < -0.4 is 0 Å². The third-order valence-corrected chi connectivity index (χ3v) is 6.01. The smallest absolute Gasteiger partial charge is 0.339 e. The number of esters is 2. The Labute approximate surface area is 179 Å². The van der Waals surface area contributed by atoms with E-state index in [0.717, 1.165) is 4.90 Å². The number of Topliss-reactive ketones (excluding diaryl/α,β-unsaturated/α-hetero) is 1. The summed E-state index contributed by atoms with van der Waals surface area (Å²) in [7, 11) is 1.24. The minimum absolute atomic E-state index is 0.135. The number of likely N-dealkylation sites (tertiary alicyclic amines) is 1. The second kappa shape index (κ2) is 8.49. The summed E-state index contributed by atoms with van der Waals surface area (Å²) in [5.41, 5.74) is 1.24. The highest BCUT2D eigenvalue weighted by molar-refractivity contribution is 6.08. The molecule has 0 unspecified atom stereocenters. The molecule has 1 aliphatic carbocycles. The Balaban J connectivity index is 1.72. The minimum atomic E-state index is -1.19. The fourth-order valence-electron chi connectivity index (χ4n) is 4.25. The van der Waals surface area contributed by atoms with Gasteiger partial charge in [-0.1, -0.05) is 12.2 Å². The highest BCUT2D eigenvalue weighted by atomic mass is 16.5. The maximum atomic E-state index is 12.8. The number of hydrogen-bond acceptors (Lipinski definition) is 7. The Morgan fingerprint density at radius 2 is 1.61 bits per heavy atom. The van der Waals surface area contributed by atoms with Gasteiger partial charge in [0.15, 0.2) is 6.10 Å². The average Bonchev–Trinajstić information content (AvgIpc) is 3.19. The molecule has 2 aliphatic rings. The summed E-state index contributed by atoms with van der Waals surface area (Å²) in [4.78, 5) is 66.6. The molecule has 0 spiro atoms. The second-order valence-electron chi connectivity index (χ2n) is 7.94. The SMILES string of the molecule is COC(=O)c1c(C)[nH]c(C(=O)[C@H](C)OC(=O)[C@H](C)N2C(=O)[C@@H]3CC=CC[C@H]3C2=O)c1C. The monoisotopic (exact) mass is 430 g/mol. The number of carbonyl (C=O) groups excluding carboxylic acids is 5. The number of ketones is 1. The van der Waals surface area contributed by atoms with Crippen LogP contribution in [0.5, 0.6) is 0 Å². The van der Waals surface area contributed by atoms with Gasteiger partial charge in [-0.3, -0.25) is 19.3 Å². The number of H-pyrrole nitrogens is 1. The summed E-state index contributed by atoms with van der Waals surface area (Å²) in [5, 5.41) is 0. The number of amides is 2. The molecule has 4 atom stereocenters. The van der Waals surface area contributed by atoms with Crippen LogP contribution in [0.1, 0.15) is 58.8 Å². The number of imide groups is 1. The predicted molar refractivity (Wildman–Crippen MR) is 108 cm³/mol. The molecule has 9 heteroatoms. The normalized spacial score (nSPS) is 22.2. The molecule has 2 heterocycles. The maximum absolute atomic E-state index is 12.8. The number of rotatable bonds is 6. The lowest BCUT2D eigenvalue weighted by Crippen LogP contribution is -2.45. The van der Waals surface area contributed by atoms with Crippen molar-refractivity contribution in [2.45, 2.75) is 52.7 Å². The molecule has 0 saturated carbocycles. The first-order valence-electron chi connectivity index (χ1n) is 10.1. The maximum Gasteiger partial charge on any atom is 0.339 e. The molecule has 31 heavy (non-hydrogen) atoms. The Morgan fingerprint density at radius 3 is 2.13 bits per heavy atom. The van der Waals surface area contributed by atoms with E-state index in [4.69, 9.17) is 9.47 Å². The number of aromatic amines is 1. The molecule has 1 N–H and O–H groups in total. The van der Waals surface area contributed by atoms with Crippen molar-refractivity contribution in [3.05, 3.63) is 34.7 Å². The molecule has 0 radical (unpaired) electrons. The molecular weight excluding hydrogens is 404 g/mol. The van der Waals surface area contributed by atoms with E-state index in [0.29, 0.717) is 24.1 Å². The molecule has 1 saturated heterocycles. The number of nitrogens with zero attached hydrogens (tertiary/aromatic N) is 1. The van der Waals surface area contributed by atoms with Gasteiger partial charge in [-0.2, -0.15) is 0 Å². The zero-order chi connectivity index (χ0) is 23.0. The first-order valence-corrected chi connectivity index (χ1v) is 10.1. The van der Waals surface area contributed by atoms with Crippen molar-refractivity contribution >= 4 is 29.5 Å². The lowest BCUT2D eigenvalue weighted by atomic mass is 9.85. The second-order valence-corrected chi connectivity index (χ2v) is 7.94. The number of aromatic nitrogens is 1. The molecule has 0 bridgehead atoms. The third-order valence-electron chi connectivity index (χ3n) is 6.01. The summed E-state index contributed by atoms with van der Waals surface area (Å²) < 4.78 is 10.0. The van der Waals surface area contributed by atoms with E-state index in [9.17, 15) is 24.0 Å². The van der Waals surface area contributed by atoms with Gasteiger partial charge in [-0.05, 0) is 46.1 Å². The van der Waals surface area contributed by atoms with Gasteiger partial charge in [-0.25, -0.2) is 9.59 Å². The lowest BCUT2D eigenvalue weighted by molar-refractivity contribution is -0.159. The topological polar surface area (TPSA) is 123 Å². The molecule has 3 rings (SSSR count). The van der Waals surface area contributed by atoms with Crippen molar-refractivity contribution in [3.63, 3.8) is 0 Å². The summed E-state index contributed by atoms with van der Waals surface area (Å²) in [5.74, 6) is -3.63. The fraction of sp³-hybridized carbons (Fsp3) is 0.500. The van der Waals surface area contributed by atoms with Crippen molar-refractivity contribution in [3.8, 4) is 0 Å². The average molecular weight is 430 g/mol. The van der Waals surface area contributed by atoms with E-state index in [2.05, 4.69) is 4.98 Å². The van der Waals surface area contributed by atoms with Crippen LogP contribution >= 0.6 is 0 Å². The van der Waals surface area contributed by atoms with Gasteiger partial charge in [0.05, 0.1) is 30.2 Å². The predicted octanol–water partition coefficient (Wildman–Crippen LogP) is 1.87. The zero-order valence-corrected chi connectivity index (χ0v) is 18.2. The molecule has 0 aromatic carbocycles. The van der Waals surface area contributed by atoms with Crippen LogP contribution in [0.2, 0.25) is 0 Å². The zero-order valence-electron chi connectivity index (χ0n) is 18.2. The molecular formula is C22H26N2O7. The van der Waals surface area contributed by atoms with E-state index in [1.54, 1.807) is 13.8 Å². The van der Waals surface area contributed by atoms with Crippen molar-refractivity contribution in [2.75, 3.05) is 7.11 Å². The molecule has 1 aromatic rings. The van der Waals surface area contributed by atoms with E-state index >= 15 is 0 Å². The number of carbonyl (C=O) groups is 5. The highest BCUT2D eigenvalue weighted by Gasteiger charge is 2.50. The summed E-state index contributed by atoms with van der Waals surface area (Å²) in [6.45, 7) is 6.04. The van der Waals surface area contributed by atoms with Crippen LogP contribution in [0.25, 0.3) is 0 Å². The Bertz CT molecular complexity index is 964. The van der Waals surface area contributed by atoms with Crippen LogP contribution in [0.3, 0.4) is 0 Å². The minimum Gasteiger partial charge on any atom is -0.465 e. The number of ether oxygens (including phenoxy) is 2. The molecule has 1 aliphatic heterocycles. The van der Waals surface area contributed by atoms with Crippen LogP contribution in [0.4, 0.5) is 0 Å². The van der Waals surface area contributed by atoms with Crippen molar-refractivity contribution in [1.29, 1.82) is 0 Å². The Hall–Kier alpha value is -3.23. The molecule has 9 nitrogen and oxygen atoms in total. The lowest BCUT2D eigenvalue weighted by Gasteiger charge is -2.23. The molecule has 2 amide bonds.